The molecule has 2 aromatic rings. The Morgan fingerprint density at radius 2 is 1.82 bits per heavy atom. The van der Waals surface area contributed by atoms with Gasteiger partial charge in [0.2, 0.25) is 0 Å². The Morgan fingerprint density at radius 3 is 2.50 bits per heavy atom. The molecule has 1 amide bonds. The molecule has 0 aliphatic rings. The number of para-hydroxylation sites is 1. The molecule has 108 valence electrons. The summed E-state index contributed by atoms with van der Waals surface area (Å²) in [5.74, 6) is 0.203. The second-order valence-electron chi connectivity index (χ2n) is 4.47. The largest absolute Gasteiger partial charge is 0.484 e. The van der Waals surface area contributed by atoms with E-state index in [9.17, 15) is 4.79 Å². The maximum absolute atomic E-state index is 11.8. The van der Waals surface area contributed by atoms with Gasteiger partial charge in [-0.2, -0.15) is 10.5 Å². The Kier molecular flexibility index (Phi) is 5.12. The van der Waals surface area contributed by atoms with Crippen molar-refractivity contribution in [2.45, 2.75) is 6.42 Å². The minimum atomic E-state index is -0.344. The number of rotatable bonds is 5. The van der Waals surface area contributed by atoms with Crippen molar-refractivity contribution in [2.75, 3.05) is 11.9 Å². The molecule has 0 atom stereocenters. The first-order valence-electron chi connectivity index (χ1n) is 6.60. The van der Waals surface area contributed by atoms with Gasteiger partial charge in [-0.3, -0.25) is 4.79 Å². The van der Waals surface area contributed by atoms with Crippen molar-refractivity contribution in [3.8, 4) is 17.9 Å². The molecule has 0 radical (unpaired) electrons. The van der Waals surface area contributed by atoms with Crippen LogP contribution in [0.3, 0.4) is 0 Å². The van der Waals surface area contributed by atoms with Crippen LogP contribution in [0.4, 0.5) is 5.69 Å². The van der Waals surface area contributed by atoms with Crippen molar-refractivity contribution in [3.05, 3.63) is 59.7 Å². The van der Waals surface area contributed by atoms with E-state index >= 15 is 0 Å². The van der Waals surface area contributed by atoms with Crippen LogP contribution in [-0.2, 0) is 11.2 Å². The number of anilines is 1. The summed E-state index contributed by atoms with van der Waals surface area (Å²) in [6.07, 6.45) is 0.339. The molecule has 0 aromatic heterocycles. The number of carbonyl (C=O) groups excluding carboxylic acids is 1. The van der Waals surface area contributed by atoms with Gasteiger partial charge < -0.3 is 10.1 Å². The van der Waals surface area contributed by atoms with Gasteiger partial charge in [0, 0.05) is 0 Å². The predicted octanol–water partition coefficient (Wildman–Crippen LogP) is 2.64. The van der Waals surface area contributed by atoms with Gasteiger partial charge in [0.15, 0.2) is 6.61 Å². The van der Waals surface area contributed by atoms with Crippen molar-refractivity contribution in [1.82, 2.24) is 0 Å². The van der Waals surface area contributed by atoms with Gasteiger partial charge >= 0.3 is 0 Å². The van der Waals surface area contributed by atoms with E-state index in [0.29, 0.717) is 23.4 Å². The molecule has 0 heterocycles. The molecule has 5 nitrogen and oxygen atoms in total. The molecule has 0 spiro atoms. The fraction of sp³-hybridized carbons (Fsp3) is 0.118. The zero-order chi connectivity index (χ0) is 15.8. The molecule has 0 aliphatic heterocycles. The molecule has 5 heteroatoms. The normalized spacial score (nSPS) is 9.36. The SMILES string of the molecule is N#CCc1ccc(OCC(=O)Nc2ccccc2C#N)cc1. The fourth-order valence-corrected chi connectivity index (χ4v) is 1.82. The van der Waals surface area contributed by atoms with Gasteiger partial charge in [0.05, 0.1) is 23.7 Å². The van der Waals surface area contributed by atoms with Crippen LogP contribution in [0.15, 0.2) is 48.5 Å². The zero-order valence-electron chi connectivity index (χ0n) is 11.7. The first-order valence-corrected chi connectivity index (χ1v) is 6.60. The monoisotopic (exact) mass is 291 g/mol. The fourth-order valence-electron chi connectivity index (χ4n) is 1.82. The average Bonchev–Trinajstić information content (AvgIpc) is 2.55. The number of ether oxygens (including phenoxy) is 1. The van der Waals surface area contributed by atoms with Crippen LogP contribution >= 0.6 is 0 Å². The molecular weight excluding hydrogens is 278 g/mol. The quantitative estimate of drug-likeness (QED) is 0.917. The van der Waals surface area contributed by atoms with E-state index in [1.54, 1.807) is 48.5 Å². The maximum atomic E-state index is 11.8. The lowest BCUT2D eigenvalue weighted by molar-refractivity contribution is -0.118. The molecule has 0 saturated carbocycles. The van der Waals surface area contributed by atoms with Gasteiger partial charge in [0.1, 0.15) is 11.8 Å². The standard InChI is InChI=1S/C17H13N3O2/c18-10-9-13-5-7-15(8-6-13)22-12-17(21)20-16-4-2-1-3-14(16)11-19/h1-8H,9,12H2,(H,20,21). The summed E-state index contributed by atoms with van der Waals surface area (Å²) in [7, 11) is 0. The number of nitrogens with zero attached hydrogens (tertiary/aromatic N) is 2. The summed E-state index contributed by atoms with van der Waals surface area (Å²) < 4.78 is 5.37. The maximum Gasteiger partial charge on any atom is 0.262 e. The molecule has 2 aromatic carbocycles. The summed E-state index contributed by atoms with van der Waals surface area (Å²) in [5, 5.41) is 20.2. The van der Waals surface area contributed by atoms with Crippen molar-refractivity contribution in [1.29, 1.82) is 10.5 Å². The lowest BCUT2D eigenvalue weighted by atomic mass is 10.2. The van der Waals surface area contributed by atoms with Crippen molar-refractivity contribution in [2.24, 2.45) is 0 Å². The van der Waals surface area contributed by atoms with Gasteiger partial charge in [0.25, 0.3) is 5.91 Å². The minimum absolute atomic E-state index is 0.155. The molecule has 2 rings (SSSR count). The number of hydrogen-bond donors (Lipinski definition) is 1. The molecule has 0 saturated heterocycles. The van der Waals surface area contributed by atoms with Crippen molar-refractivity contribution >= 4 is 11.6 Å². The van der Waals surface area contributed by atoms with E-state index in [0.717, 1.165) is 5.56 Å². The van der Waals surface area contributed by atoms with Gasteiger partial charge in [-0.05, 0) is 29.8 Å². The summed E-state index contributed by atoms with van der Waals surface area (Å²) in [4.78, 5) is 11.8. The summed E-state index contributed by atoms with van der Waals surface area (Å²) in [6.45, 7) is -0.155. The molecule has 0 aliphatic carbocycles. The number of nitriles is 2. The first-order chi connectivity index (χ1) is 10.7. The van der Waals surface area contributed by atoms with E-state index in [1.807, 2.05) is 6.07 Å². The van der Waals surface area contributed by atoms with Crippen LogP contribution in [0.2, 0.25) is 0 Å². The third-order valence-corrected chi connectivity index (χ3v) is 2.90. The molecule has 0 unspecified atom stereocenters. The predicted molar refractivity (Wildman–Crippen MR) is 81.0 cm³/mol. The molecular formula is C17H13N3O2. The number of carbonyl (C=O) groups is 1. The average molecular weight is 291 g/mol. The topological polar surface area (TPSA) is 85.9 Å². The summed E-state index contributed by atoms with van der Waals surface area (Å²) in [5.41, 5.74) is 1.75. The van der Waals surface area contributed by atoms with Crippen LogP contribution in [-0.4, -0.2) is 12.5 Å². The smallest absolute Gasteiger partial charge is 0.262 e. The van der Waals surface area contributed by atoms with Gasteiger partial charge in [-0.1, -0.05) is 24.3 Å². The van der Waals surface area contributed by atoms with E-state index in [2.05, 4.69) is 11.4 Å². The number of hydrogen-bond acceptors (Lipinski definition) is 4. The minimum Gasteiger partial charge on any atom is -0.484 e. The van der Waals surface area contributed by atoms with Crippen LogP contribution in [0.1, 0.15) is 11.1 Å². The summed E-state index contributed by atoms with van der Waals surface area (Å²) in [6, 6.07) is 17.8. The zero-order valence-corrected chi connectivity index (χ0v) is 11.7. The highest BCUT2D eigenvalue weighted by atomic mass is 16.5. The Labute approximate surface area is 128 Å². The van der Waals surface area contributed by atoms with Crippen LogP contribution in [0, 0.1) is 22.7 Å². The van der Waals surface area contributed by atoms with Crippen LogP contribution in [0.25, 0.3) is 0 Å². The van der Waals surface area contributed by atoms with E-state index in [-0.39, 0.29) is 12.5 Å². The van der Waals surface area contributed by atoms with Crippen molar-refractivity contribution in [3.63, 3.8) is 0 Å². The molecule has 1 N–H and O–H groups in total. The molecule has 22 heavy (non-hydrogen) atoms. The Balaban J connectivity index is 1.90. The highest BCUT2D eigenvalue weighted by molar-refractivity contribution is 5.93. The van der Waals surface area contributed by atoms with E-state index in [1.165, 1.54) is 0 Å². The Morgan fingerprint density at radius 1 is 1.09 bits per heavy atom. The van der Waals surface area contributed by atoms with Crippen molar-refractivity contribution < 1.29 is 9.53 Å². The molecule has 0 fully saturated rings. The highest BCUT2D eigenvalue weighted by Gasteiger charge is 2.07. The number of benzene rings is 2. The number of amides is 1. The van der Waals surface area contributed by atoms with Crippen LogP contribution in [0.5, 0.6) is 5.75 Å². The van der Waals surface area contributed by atoms with Crippen LogP contribution < -0.4 is 10.1 Å². The second-order valence-corrected chi connectivity index (χ2v) is 4.47. The van der Waals surface area contributed by atoms with E-state index in [4.69, 9.17) is 15.3 Å². The molecule has 0 bridgehead atoms. The van der Waals surface area contributed by atoms with E-state index < -0.39 is 0 Å². The third kappa shape index (κ3) is 4.09. The van der Waals surface area contributed by atoms with Gasteiger partial charge in [-0.15, -0.1) is 0 Å². The Hall–Kier alpha value is -3.31. The summed E-state index contributed by atoms with van der Waals surface area (Å²) >= 11 is 0. The number of nitrogens with one attached hydrogen (secondary N) is 1. The highest BCUT2D eigenvalue weighted by Crippen LogP contribution is 2.15. The lowest BCUT2D eigenvalue weighted by Gasteiger charge is -2.08. The van der Waals surface area contributed by atoms with Gasteiger partial charge in [-0.25, -0.2) is 0 Å². The lowest BCUT2D eigenvalue weighted by Crippen LogP contribution is -2.20. The third-order valence-electron chi connectivity index (χ3n) is 2.90. The second kappa shape index (κ2) is 7.47. The first kappa shape index (κ1) is 15.1. The Bertz CT molecular complexity index is 740.